The van der Waals surface area contributed by atoms with Gasteiger partial charge in [0.15, 0.2) is 0 Å². The summed E-state index contributed by atoms with van der Waals surface area (Å²) in [5, 5.41) is 13.9. The standard InChI is InChI=1S/C11H8BrIN2O2S/c12-8-3-6(13)1-2-9(8)14-4-7-5-18-10(15-7)11(16)17/h1-3,5,14H,4H2,(H,16,17). The third-order valence-electron chi connectivity index (χ3n) is 2.13. The van der Waals surface area contributed by atoms with Crippen molar-refractivity contribution >= 4 is 61.5 Å². The first kappa shape index (κ1) is 13.8. The van der Waals surface area contributed by atoms with E-state index in [0.717, 1.165) is 30.8 Å². The number of nitrogens with zero attached hydrogens (tertiary/aromatic N) is 1. The molecule has 2 aromatic rings. The fourth-order valence-electron chi connectivity index (χ4n) is 1.31. The van der Waals surface area contributed by atoms with Gasteiger partial charge in [0.05, 0.1) is 12.2 Å². The van der Waals surface area contributed by atoms with E-state index in [2.05, 4.69) is 48.8 Å². The van der Waals surface area contributed by atoms with Crippen LogP contribution < -0.4 is 5.32 Å². The molecule has 0 atom stereocenters. The summed E-state index contributed by atoms with van der Waals surface area (Å²) in [6, 6.07) is 5.97. The van der Waals surface area contributed by atoms with Gasteiger partial charge in [-0.2, -0.15) is 0 Å². The zero-order chi connectivity index (χ0) is 13.1. The summed E-state index contributed by atoms with van der Waals surface area (Å²) >= 11 is 6.84. The number of aromatic carboxylic acids is 1. The Hall–Kier alpha value is -0.670. The Morgan fingerprint density at radius 3 is 2.94 bits per heavy atom. The molecule has 1 aromatic heterocycles. The minimum atomic E-state index is -0.985. The fourth-order valence-corrected chi connectivity index (χ4v) is 3.40. The van der Waals surface area contributed by atoms with Crippen LogP contribution in [-0.2, 0) is 6.54 Å². The van der Waals surface area contributed by atoms with Gasteiger partial charge >= 0.3 is 5.97 Å². The van der Waals surface area contributed by atoms with Crippen molar-refractivity contribution in [3.8, 4) is 0 Å². The molecule has 2 rings (SSSR count). The zero-order valence-corrected chi connectivity index (χ0v) is 13.5. The first-order chi connectivity index (χ1) is 8.56. The van der Waals surface area contributed by atoms with Gasteiger partial charge in [-0.05, 0) is 56.7 Å². The van der Waals surface area contributed by atoms with E-state index in [9.17, 15) is 4.79 Å². The highest BCUT2D eigenvalue weighted by atomic mass is 127. The van der Waals surface area contributed by atoms with Crippen LogP contribution in [0, 0.1) is 3.57 Å². The predicted molar refractivity (Wildman–Crippen MR) is 83.3 cm³/mol. The number of carbonyl (C=O) groups is 1. The molecule has 0 unspecified atom stereocenters. The molecule has 0 amide bonds. The topological polar surface area (TPSA) is 62.2 Å². The maximum atomic E-state index is 10.7. The van der Waals surface area contributed by atoms with Crippen molar-refractivity contribution in [2.24, 2.45) is 0 Å². The largest absolute Gasteiger partial charge is 0.476 e. The molecule has 94 valence electrons. The van der Waals surface area contributed by atoms with Crippen molar-refractivity contribution in [2.45, 2.75) is 6.54 Å². The molecule has 4 nitrogen and oxygen atoms in total. The minimum absolute atomic E-state index is 0.119. The second-order valence-electron chi connectivity index (χ2n) is 3.43. The molecule has 0 aliphatic rings. The van der Waals surface area contributed by atoms with Crippen LogP contribution >= 0.6 is 49.9 Å². The number of carboxylic acid groups (broad SMARTS) is 1. The molecular weight excluding hydrogens is 431 g/mol. The third-order valence-corrected chi connectivity index (χ3v) is 4.33. The Morgan fingerprint density at radius 2 is 2.33 bits per heavy atom. The van der Waals surface area contributed by atoms with Crippen LogP contribution in [0.5, 0.6) is 0 Å². The van der Waals surface area contributed by atoms with E-state index in [1.807, 2.05) is 18.2 Å². The zero-order valence-electron chi connectivity index (χ0n) is 8.98. The van der Waals surface area contributed by atoms with Crippen molar-refractivity contribution in [3.63, 3.8) is 0 Å². The van der Waals surface area contributed by atoms with Gasteiger partial charge in [0.2, 0.25) is 5.01 Å². The minimum Gasteiger partial charge on any atom is -0.476 e. The maximum Gasteiger partial charge on any atom is 0.365 e. The molecule has 0 radical (unpaired) electrons. The van der Waals surface area contributed by atoms with Crippen LogP contribution in [0.2, 0.25) is 0 Å². The van der Waals surface area contributed by atoms with Crippen LogP contribution in [0.15, 0.2) is 28.1 Å². The molecule has 2 N–H and O–H groups in total. The number of benzene rings is 1. The number of carboxylic acids is 1. The predicted octanol–water partition coefficient (Wildman–Crippen LogP) is 3.82. The van der Waals surface area contributed by atoms with Crippen LogP contribution in [0.1, 0.15) is 15.5 Å². The average molecular weight is 439 g/mol. The summed E-state index contributed by atoms with van der Waals surface area (Å²) < 4.78 is 2.12. The lowest BCUT2D eigenvalue weighted by atomic mass is 10.3. The number of nitrogens with one attached hydrogen (secondary N) is 1. The molecule has 7 heteroatoms. The summed E-state index contributed by atoms with van der Waals surface area (Å²) in [7, 11) is 0. The first-order valence-electron chi connectivity index (χ1n) is 4.93. The Balaban J connectivity index is 2.04. The monoisotopic (exact) mass is 438 g/mol. The second kappa shape index (κ2) is 5.98. The van der Waals surface area contributed by atoms with Gasteiger partial charge < -0.3 is 10.4 Å². The summed E-state index contributed by atoms with van der Waals surface area (Å²) in [6.45, 7) is 0.503. The highest BCUT2D eigenvalue weighted by Crippen LogP contribution is 2.25. The van der Waals surface area contributed by atoms with Crippen molar-refractivity contribution in [2.75, 3.05) is 5.32 Å². The molecule has 18 heavy (non-hydrogen) atoms. The van der Waals surface area contributed by atoms with Crippen LogP contribution in [0.3, 0.4) is 0 Å². The number of aromatic nitrogens is 1. The van der Waals surface area contributed by atoms with E-state index in [4.69, 9.17) is 5.11 Å². The van der Waals surface area contributed by atoms with E-state index < -0.39 is 5.97 Å². The van der Waals surface area contributed by atoms with Crippen LogP contribution in [0.25, 0.3) is 0 Å². The number of thiazole rings is 1. The number of rotatable bonds is 4. The Bertz CT molecular complexity index is 588. The van der Waals surface area contributed by atoms with Crippen molar-refractivity contribution < 1.29 is 9.90 Å². The Labute approximate surface area is 130 Å². The van der Waals surface area contributed by atoms with Crippen LogP contribution in [0.4, 0.5) is 5.69 Å². The lowest BCUT2D eigenvalue weighted by Crippen LogP contribution is -2.02. The molecule has 0 saturated carbocycles. The SMILES string of the molecule is O=C(O)c1nc(CNc2ccc(I)cc2Br)cs1. The molecule has 0 spiro atoms. The van der Waals surface area contributed by atoms with Gasteiger partial charge in [0, 0.05) is 19.1 Å². The van der Waals surface area contributed by atoms with E-state index in [1.54, 1.807) is 5.38 Å². The smallest absolute Gasteiger partial charge is 0.365 e. The summed E-state index contributed by atoms with van der Waals surface area (Å²) in [5.41, 5.74) is 1.68. The fraction of sp³-hybridized carbons (Fsp3) is 0.0909. The average Bonchev–Trinajstić information content (AvgIpc) is 2.76. The van der Waals surface area contributed by atoms with Crippen molar-refractivity contribution in [1.82, 2.24) is 4.98 Å². The summed E-state index contributed by atoms with van der Waals surface area (Å²) in [4.78, 5) is 14.7. The van der Waals surface area contributed by atoms with Gasteiger partial charge in [0.1, 0.15) is 0 Å². The lowest BCUT2D eigenvalue weighted by Gasteiger charge is -2.07. The van der Waals surface area contributed by atoms with Crippen molar-refractivity contribution in [3.05, 3.63) is 42.3 Å². The number of halogens is 2. The highest BCUT2D eigenvalue weighted by Gasteiger charge is 2.09. The molecule has 1 aromatic carbocycles. The van der Waals surface area contributed by atoms with Gasteiger partial charge in [-0.15, -0.1) is 11.3 Å². The molecule has 0 aliphatic carbocycles. The summed E-state index contributed by atoms with van der Waals surface area (Å²) in [6.07, 6.45) is 0. The molecule has 0 fully saturated rings. The quantitative estimate of drug-likeness (QED) is 0.712. The van der Waals surface area contributed by atoms with E-state index in [0.29, 0.717) is 6.54 Å². The van der Waals surface area contributed by atoms with E-state index in [1.165, 1.54) is 0 Å². The molecule has 0 aliphatic heterocycles. The lowest BCUT2D eigenvalue weighted by molar-refractivity contribution is 0.0696. The first-order valence-corrected chi connectivity index (χ1v) is 7.68. The van der Waals surface area contributed by atoms with Gasteiger partial charge in [-0.25, -0.2) is 9.78 Å². The maximum absolute atomic E-state index is 10.7. The summed E-state index contributed by atoms with van der Waals surface area (Å²) in [5.74, 6) is -0.985. The van der Waals surface area contributed by atoms with E-state index >= 15 is 0 Å². The second-order valence-corrected chi connectivity index (χ2v) is 6.38. The van der Waals surface area contributed by atoms with Gasteiger partial charge in [-0.1, -0.05) is 0 Å². The Kier molecular flexibility index (Phi) is 4.57. The van der Waals surface area contributed by atoms with Gasteiger partial charge in [0.25, 0.3) is 0 Å². The molecule has 1 heterocycles. The third kappa shape index (κ3) is 3.42. The van der Waals surface area contributed by atoms with Crippen molar-refractivity contribution in [1.29, 1.82) is 0 Å². The van der Waals surface area contributed by atoms with Gasteiger partial charge in [-0.3, -0.25) is 0 Å². The Morgan fingerprint density at radius 1 is 1.56 bits per heavy atom. The molecule has 0 saturated heterocycles. The van der Waals surface area contributed by atoms with E-state index in [-0.39, 0.29) is 5.01 Å². The number of anilines is 1. The number of hydrogen-bond donors (Lipinski definition) is 2. The van der Waals surface area contributed by atoms with Crippen LogP contribution in [-0.4, -0.2) is 16.1 Å². The number of hydrogen-bond acceptors (Lipinski definition) is 4. The highest BCUT2D eigenvalue weighted by molar-refractivity contribution is 14.1. The molecular formula is C11H8BrIN2O2S. The normalized spacial score (nSPS) is 10.3. The molecule has 0 bridgehead atoms.